The monoisotopic (exact) mass is 350 g/mol. The molecule has 1 aliphatic rings. The lowest BCUT2D eigenvalue weighted by atomic mass is 10.1. The Bertz CT molecular complexity index is 881. The highest BCUT2D eigenvalue weighted by Crippen LogP contribution is 2.34. The van der Waals surface area contributed by atoms with Gasteiger partial charge in [0.1, 0.15) is 11.6 Å². The van der Waals surface area contributed by atoms with Gasteiger partial charge in [0, 0.05) is 11.1 Å². The van der Waals surface area contributed by atoms with Crippen molar-refractivity contribution in [2.75, 3.05) is 23.9 Å². The van der Waals surface area contributed by atoms with Crippen LogP contribution in [0.25, 0.3) is 10.9 Å². The Hall–Kier alpha value is -2.20. The number of nitrogens with zero attached hydrogens (tertiary/aromatic N) is 1. The van der Waals surface area contributed by atoms with E-state index >= 15 is 0 Å². The first-order chi connectivity index (χ1) is 12.3. The highest BCUT2D eigenvalue weighted by Gasteiger charge is 2.21. The molecule has 0 saturated heterocycles. The van der Waals surface area contributed by atoms with Crippen LogP contribution in [0.15, 0.2) is 54.6 Å². The smallest absolute Gasteiger partial charge is 0.128 e. The first-order valence-corrected chi connectivity index (χ1v) is 10.1. The third kappa shape index (κ3) is 3.45. The van der Waals surface area contributed by atoms with E-state index < -0.39 is 0 Å². The van der Waals surface area contributed by atoms with Gasteiger partial charge in [-0.3, -0.25) is 0 Å². The van der Waals surface area contributed by atoms with Gasteiger partial charge in [-0.15, -0.1) is 0 Å². The molecule has 0 bridgehead atoms. The molecule has 1 atom stereocenters. The molecule has 0 aliphatic heterocycles. The van der Waals surface area contributed by atoms with E-state index in [0.29, 0.717) is 6.04 Å². The number of ether oxygens (including phenoxy) is 1. The predicted molar refractivity (Wildman–Crippen MR) is 107 cm³/mol. The standard InChI is InChI=1S/C21H22N2OS/c1-25-14-13-24-20-8-4-7-18-17(20)10-12-21(22-18)23-19-11-9-15-5-2-3-6-16(15)19/h2-8,10,12,19H,9,11,13-14H2,1H3,(H,22,23)/t19-/m1/s1. The number of thioether (sulfide) groups is 1. The van der Waals surface area contributed by atoms with Gasteiger partial charge in [0.05, 0.1) is 18.2 Å². The zero-order valence-electron chi connectivity index (χ0n) is 14.4. The highest BCUT2D eigenvalue weighted by atomic mass is 32.2. The molecule has 1 aliphatic carbocycles. The Morgan fingerprint density at radius 1 is 1.12 bits per heavy atom. The van der Waals surface area contributed by atoms with Crippen molar-refractivity contribution in [2.24, 2.45) is 0 Å². The van der Waals surface area contributed by atoms with E-state index in [1.54, 1.807) is 11.8 Å². The van der Waals surface area contributed by atoms with Crippen molar-refractivity contribution in [3.8, 4) is 5.75 Å². The number of hydrogen-bond acceptors (Lipinski definition) is 4. The first kappa shape index (κ1) is 16.3. The number of pyridine rings is 1. The molecule has 1 N–H and O–H groups in total. The molecule has 0 saturated carbocycles. The molecule has 0 unspecified atom stereocenters. The molecule has 0 spiro atoms. The molecule has 3 nitrogen and oxygen atoms in total. The number of hydrogen-bond donors (Lipinski definition) is 1. The molecule has 0 radical (unpaired) electrons. The molecular formula is C21H22N2OS. The topological polar surface area (TPSA) is 34.1 Å². The van der Waals surface area contributed by atoms with Gasteiger partial charge in [-0.2, -0.15) is 11.8 Å². The fourth-order valence-corrected chi connectivity index (χ4v) is 3.70. The van der Waals surface area contributed by atoms with E-state index in [1.165, 1.54) is 11.1 Å². The predicted octanol–water partition coefficient (Wildman–Crippen LogP) is 5.08. The second-order valence-corrected chi connectivity index (χ2v) is 7.28. The molecule has 25 heavy (non-hydrogen) atoms. The number of fused-ring (bicyclic) bond motifs is 2. The minimum absolute atomic E-state index is 0.349. The summed E-state index contributed by atoms with van der Waals surface area (Å²) in [7, 11) is 0. The Morgan fingerprint density at radius 3 is 2.96 bits per heavy atom. The van der Waals surface area contributed by atoms with Crippen molar-refractivity contribution < 1.29 is 4.74 Å². The fraction of sp³-hybridized carbons (Fsp3) is 0.286. The SMILES string of the molecule is CSCCOc1cccc2nc(N[C@@H]3CCc4ccccc43)ccc12. The Morgan fingerprint density at radius 2 is 2.04 bits per heavy atom. The number of nitrogens with one attached hydrogen (secondary N) is 1. The summed E-state index contributed by atoms with van der Waals surface area (Å²) >= 11 is 1.79. The highest BCUT2D eigenvalue weighted by molar-refractivity contribution is 7.98. The van der Waals surface area contributed by atoms with Crippen molar-refractivity contribution in [3.63, 3.8) is 0 Å². The third-order valence-corrected chi connectivity index (χ3v) is 5.27. The van der Waals surface area contributed by atoms with Crippen LogP contribution in [0.3, 0.4) is 0 Å². The van der Waals surface area contributed by atoms with Crippen LogP contribution in [0.5, 0.6) is 5.75 Å². The van der Waals surface area contributed by atoms with Crippen LogP contribution >= 0.6 is 11.8 Å². The quantitative estimate of drug-likeness (QED) is 0.629. The molecule has 128 valence electrons. The maximum atomic E-state index is 5.90. The van der Waals surface area contributed by atoms with Gasteiger partial charge >= 0.3 is 0 Å². The van der Waals surface area contributed by atoms with Crippen molar-refractivity contribution >= 4 is 28.5 Å². The van der Waals surface area contributed by atoms with E-state index in [-0.39, 0.29) is 0 Å². The van der Waals surface area contributed by atoms with Crippen molar-refractivity contribution in [2.45, 2.75) is 18.9 Å². The summed E-state index contributed by atoms with van der Waals surface area (Å²) in [4.78, 5) is 4.80. The van der Waals surface area contributed by atoms with E-state index in [4.69, 9.17) is 9.72 Å². The molecular weight excluding hydrogens is 328 g/mol. The number of rotatable bonds is 6. The number of aromatic nitrogens is 1. The van der Waals surface area contributed by atoms with Gasteiger partial charge in [0.25, 0.3) is 0 Å². The molecule has 3 aromatic rings. The zero-order valence-corrected chi connectivity index (χ0v) is 15.2. The molecule has 0 amide bonds. The summed E-state index contributed by atoms with van der Waals surface area (Å²) in [6.45, 7) is 0.721. The normalized spacial score (nSPS) is 16.0. The summed E-state index contributed by atoms with van der Waals surface area (Å²) < 4.78 is 5.90. The lowest BCUT2D eigenvalue weighted by molar-refractivity contribution is 0.348. The molecule has 4 heteroatoms. The van der Waals surface area contributed by atoms with Crippen LogP contribution in [0, 0.1) is 0 Å². The second-order valence-electron chi connectivity index (χ2n) is 6.30. The minimum Gasteiger partial charge on any atom is -0.492 e. The van der Waals surface area contributed by atoms with Gasteiger partial charge < -0.3 is 10.1 Å². The maximum Gasteiger partial charge on any atom is 0.128 e. The first-order valence-electron chi connectivity index (χ1n) is 8.71. The summed E-state index contributed by atoms with van der Waals surface area (Å²) in [5.41, 5.74) is 3.82. The molecule has 4 rings (SSSR count). The molecule has 0 fully saturated rings. The molecule has 1 heterocycles. The Kier molecular flexibility index (Phi) is 4.79. The second kappa shape index (κ2) is 7.36. The maximum absolute atomic E-state index is 5.90. The van der Waals surface area contributed by atoms with Crippen LogP contribution in [0.4, 0.5) is 5.82 Å². The average Bonchev–Trinajstić information content (AvgIpc) is 3.05. The number of benzene rings is 2. The van der Waals surface area contributed by atoms with Crippen LogP contribution in [-0.2, 0) is 6.42 Å². The fourth-order valence-electron chi connectivity index (χ4n) is 3.45. The summed E-state index contributed by atoms with van der Waals surface area (Å²) in [5, 5.41) is 4.68. The largest absolute Gasteiger partial charge is 0.492 e. The molecule has 1 aromatic heterocycles. The van der Waals surface area contributed by atoms with E-state index in [0.717, 1.165) is 47.7 Å². The lowest BCUT2D eigenvalue weighted by Gasteiger charge is -2.16. The van der Waals surface area contributed by atoms with Crippen molar-refractivity contribution in [1.82, 2.24) is 4.98 Å². The van der Waals surface area contributed by atoms with Gasteiger partial charge in [0.2, 0.25) is 0 Å². The third-order valence-electron chi connectivity index (χ3n) is 4.69. The van der Waals surface area contributed by atoms with Crippen LogP contribution < -0.4 is 10.1 Å². The lowest BCUT2D eigenvalue weighted by Crippen LogP contribution is -2.08. The van der Waals surface area contributed by atoms with Gasteiger partial charge in [-0.05, 0) is 54.5 Å². The van der Waals surface area contributed by atoms with Gasteiger partial charge in [0.15, 0.2) is 0 Å². The van der Waals surface area contributed by atoms with Gasteiger partial charge in [-0.1, -0.05) is 30.3 Å². The number of aryl methyl sites for hydroxylation is 1. The minimum atomic E-state index is 0.349. The summed E-state index contributed by atoms with van der Waals surface area (Å²) in [6, 6.07) is 19.3. The van der Waals surface area contributed by atoms with Crippen LogP contribution in [0.1, 0.15) is 23.6 Å². The number of anilines is 1. The van der Waals surface area contributed by atoms with Gasteiger partial charge in [-0.25, -0.2) is 4.98 Å². The molecule has 2 aromatic carbocycles. The van der Waals surface area contributed by atoms with E-state index in [9.17, 15) is 0 Å². The van der Waals surface area contributed by atoms with Crippen molar-refractivity contribution in [3.05, 3.63) is 65.7 Å². The Balaban J connectivity index is 1.56. The summed E-state index contributed by atoms with van der Waals surface area (Å²) in [6.07, 6.45) is 4.35. The summed E-state index contributed by atoms with van der Waals surface area (Å²) in [5.74, 6) is 2.83. The van der Waals surface area contributed by atoms with Crippen molar-refractivity contribution in [1.29, 1.82) is 0 Å². The average molecular weight is 350 g/mol. The zero-order chi connectivity index (χ0) is 17.1. The Labute approximate surface area is 152 Å². The van der Waals surface area contributed by atoms with E-state index in [2.05, 4.69) is 48.0 Å². The van der Waals surface area contributed by atoms with E-state index in [1.807, 2.05) is 18.2 Å². The van der Waals surface area contributed by atoms with Crippen LogP contribution in [0.2, 0.25) is 0 Å². The van der Waals surface area contributed by atoms with Crippen LogP contribution in [-0.4, -0.2) is 23.6 Å².